The fourth-order valence-electron chi connectivity index (χ4n) is 2.95. The fourth-order valence-corrected chi connectivity index (χ4v) is 2.95. The minimum Gasteiger partial charge on any atom is -0.497 e. The molecule has 6 heteroatoms. The predicted octanol–water partition coefficient (Wildman–Crippen LogP) is 2.21. The Hall–Kier alpha value is -2.24. The Bertz CT molecular complexity index is 564. The lowest BCUT2D eigenvalue weighted by atomic mass is 9.81. The Labute approximate surface area is 135 Å². The molecule has 0 unspecified atom stereocenters. The molecule has 0 radical (unpaired) electrons. The molecule has 1 aliphatic rings. The Kier molecular flexibility index (Phi) is 5.84. The molecule has 1 aliphatic carbocycles. The molecule has 1 fully saturated rings. The number of carbonyl (C=O) groups is 2. The van der Waals surface area contributed by atoms with Crippen LogP contribution in [0.3, 0.4) is 0 Å². The third-order valence-corrected chi connectivity index (χ3v) is 4.39. The third kappa shape index (κ3) is 4.37. The van der Waals surface area contributed by atoms with Gasteiger partial charge in [-0.25, -0.2) is 0 Å². The van der Waals surface area contributed by atoms with Crippen LogP contribution in [-0.4, -0.2) is 31.2 Å². The molecular weight excluding hydrogens is 298 g/mol. The zero-order valence-corrected chi connectivity index (χ0v) is 13.5. The van der Waals surface area contributed by atoms with Crippen molar-refractivity contribution in [3.8, 4) is 11.5 Å². The van der Waals surface area contributed by atoms with E-state index in [0.29, 0.717) is 43.7 Å². The van der Waals surface area contributed by atoms with Crippen LogP contribution in [0.1, 0.15) is 31.2 Å². The highest BCUT2D eigenvalue weighted by atomic mass is 16.5. The van der Waals surface area contributed by atoms with E-state index in [9.17, 15) is 9.59 Å². The highest BCUT2D eigenvalue weighted by Gasteiger charge is 2.29. The number of hydrogen-bond acceptors (Lipinski definition) is 4. The Balaban J connectivity index is 1.91. The van der Waals surface area contributed by atoms with Crippen LogP contribution in [0.25, 0.3) is 0 Å². The lowest BCUT2D eigenvalue weighted by molar-refractivity contribution is -0.144. The number of carboxylic acid groups (broad SMARTS) is 1. The van der Waals surface area contributed by atoms with Crippen molar-refractivity contribution >= 4 is 11.9 Å². The molecule has 23 heavy (non-hydrogen) atoms. The maximum atomic E-state index is 12.3. The van der Waals surface area contributed by atoms with Crippen molar-refractivity contribution in [2.75, 3.05) is 14.2 Å². The molecule has 2 rings (SSSR count). The summed E-state index contributed by atoms with van der Waals surface area (Å²) in [6.45, 7) is 0.359. The molecular formula is C17H23NO5. The summed E-state index contributed by atoms with van der Waals surface area (Å²) in [5.41, 5.74) is 0.847. The number of amides is 1. The first-order valence-corrected chi connectivity index (χ1v) is 7.76. The van der Waals surface area contributed by atoms with Crippen molar-refractivity contribution in [2.45, 2.75) is 32.2 Å². The van der Waals surface area contributed by atoms with Crippen LogP contribution < -0.4 is 14.8 Å². The first kappa shape index (κ1) is 17.1. The predicted molar refractivity (Wildman–Crippen MR) is 84.5 cm³/mol. The molecule has 1 aromatic carbocycles. The molecule has 126 valence electrons. The van der Waals surface area contributed by atoms with Gasteiger partial charge in [0.1, 0.15) is 11.5 Å². The Morgan fingerprint density at radius 3 is 2.35 bits per heavy atom. The first-order valence-electron chi connectivity index (χ1n) is 7.76. The van der Waals surface area contributed by atoms with Gasteiger partial charge in [-0.15, -0.1) is 0 Å². The van der Waals surface area contributed by atoms with Crippen molar-refractivity contribution in [1.82, 2.24) is 5.32 Å². The van der Waals surface area contributed by atoms with Gasteiger partial charge >= 0.3 is 5.97 Å². The van der Waals surface area contributed by atoms with E-state index in [1.54, 1.807) is 26.4 Å². The van der Waals surface area contributed by atoms with E-state index >= 15 is 0 Å². The molecule has 1 aromatic rings. The lowest BCUT2D eigenvalue weighted by Crippen LogP contribution is -2.34. The molecule has 1 saturated carbocycles. The van der Waals surface area contributed by atoms with E-state index in [2.05, 4.69) is 5.32 Å². The Morgan fingerprint density at radius 2 is 1.78 bits per heavy atom. The maximum Gasteiger partial charge on any atom is 0.306 e. The van der Waals surface area contributed by atoms with Crippen LogP contribution >= 0.6 is 0 Å². The second-order valence-corrected chi connectivity index (χ2v) is 5.78. The third-order valence-electron chi connectivity index (χ3n) is 4.39. The van der Waals surface area contributed by atoms with Gasteiger partial charge < -0.3 is 19.9 Å². The number of carbonyl (C=O) groups excluding carboxylic acids is 1. The SMILES string of the molecule is COc1ccc(OC)c(CNC(=O)C2CCC(C(=O)O)CC2)c1. The van der Waals surface area contributed by atoms with Crippen LogP contribution in [0, 0.1) is 11.8 Å². The summed E-state index contributed by atoms with van der Waals surface area (Å²) in [6, 6.07) is 5.44. The van der Waals surface area contributed by atoms with Crippen LogP contribution in [0.15, 0.2) is 18.2 Å². The summed E-state index contributed by atoms with van der Waals surface area (Å²) in [7, 11) is 3.17. The van der Waals surface area contributed by atoms with Crippen LogP contribution in [0.4, 0.5) is 0 Å². The van der Waals surface area contributed by atoms with Gasteiger partial charge in [-0.3, -0.25) is 9.59 Å². The molecule has 0 bridgehead atoms. The number of nitrogens with one attached hydrogen (secondary N) is 1. The number of rotatable bonds is 6. The largest absolute Gasteiger partial charge is 0.497 e. The zero-order chi connectivity index (χ0) is 16.8. The summed E-state index contributed by atoms with van der Waals surface area (Å²) in [5, 5.41) is 11.9. The molecule has 0 spiro atoms. The second kappa shape index (κ2) is 7.85. The average Bonchev–Trinajstić information content (AvgIpc) is 2.59. The first-order chi connectivity index (χ1) is 11.0. The van der Waals surface area contributed by atoms with Crippen LogP contribution in [0.2, 0.25) is 0 Å². The highest BCUT2D eigenvalue weighted by Crippen LogP contribution is 2.29. The van der Waals surface area contributed by atoms with Crippen molar-refractivity contribution in [3.63, 3.8) is 0 Å². The van der Waals surface area contributed by atoms with Crippen LogP contribution in [0.5, 0.6) is 11.5 Å². The van der Waals surface area contributed by atoms with Gasteiger partial charge in [0.25, 0.3) is 0 Å². The van der Waals surface area contributed by atoms with Crippen molar-refractivity contribution in [3.05, 3.63) is 23.8 Å². The summed E-state index contributed by atoms with van der Waals surface area (Å²) >= 11 is 0. The highest BCUT2D eigenvalue weighted by molar-refractivity contribution is 5.79. The van der Waals surface area contributed by atoms with Gasteiger partial charge in [0.15, 0.2) is 0 Å². The molecule has 0 saturated heterocycles. The van der Waals surface area contributed by atoms with Gasteiger partial charge in [0.2, 0.25) is 5.91 Å². The molecule has 6 nitrogen and oxygen atoms in total. The zero-order valence-electron chi connectivity index (χ0n) is 13.5. The topological polar surface area (TPSA) is 84.9 Å². The maximum absolute atomic E-state index is 12.3. The molecule has 1 amide bonds. The monoisotopic (exact) mass is 321 g/mol. The normalized spacial score (nSPS) is 20.6. The van der Waals surface area contributed by atoms with E-state index in [1.807, 2.05) is 6.07 Å². The van der Waals surface area contributed by atoms with E-state index in [-0.39, 0.29) is 17.7 Å². The minimum absolute atomic E-state index is 0.0290. The quantitative estimate of drug-likeness (QED) is 0.839. The number of ether oxygens (including phenoxy) is 2. The van der Waals surface area contributed by atoms with E-state index in [0.717, 1.165) is 5.56 Å². The fraction of sp³-hybridized carbons (Fsp3) is 0.529. The van der Waals surface area contributed by atoms with Crippen molar-refractivity contribution < 1.29 is 24.2 Å². The molecule has 0 aliphatic heterocycles. The number of aliphatic carboxylic acids is 1. The molecule has 0 heterocycles. The van der Waals surface area contributed by atoms with Crippen molar-refractivity contribution in [2.24, 2.45) is 11.8 Å². The van der Waals surface area contributed by atoms with Gasteiger partial charge in [-0.1, -0.05) is 0 Å². The standard InChI is InChI=1S/C17H23NO5/c1-22-14-7-8-15(23-2)13(9-14)10-18-16(19)11-3-5-12(6-4-11)17(20)21/h7-9,11-12H,3-6,10H2,1-2H3,(H,18,19)(H,20,21). The summed E-state index contributed by atoms with van der Waals surface area (Å²) in [4.78, 5) is 23.2. The second-order valence-electron chi connectivity index (χ2n) is 5.78. The molecule has 0 aromatic heterocycles. The summed E-state index contributed by atoms with van der Waals surface area (Å²) in [5.74, 6) is 0.195. The number of hydrogen-bond donors (Lipinski definition) is 2. The number of benzene rings is 1. The molecule has 2 N–H and O–H groups in total. The van der Waals surface area contributed by atoms with Gasteiger partial charge in [-0.2, -0.15) is 0 Å². The summed E-state index contributed by atoms with van der Waals surface area (Å²) < 4.78 is 10.5. The minimum atomic E-state index is -0.759. The van der Waals surface area contributed by atoms with Crippen LogP contribution in [-0.2, 0) is 16.1 Å². The number of carboxylic acids is 1. The van der Waals surface area contributed by atoms with Gasteiger partial charge in [0.05, 0.1) is 20.1 Å². The average molecular weight is 321 g/mol. The van der Waals surface area contributed by atoms with Gasteiger partial charge in [-0.05, 0) is 43.9 Å². The summed E-state index contributed by atoms with van der Waals surface area (Å²) in [6.07, 6.45) is 2.38. The van der Waals surface area contributed by atoms with E-state index in [4.69, 9.17) is 14.6 Å². The Morgan fingerprint density at radius 1 is 1.13 bits per heavy atom. The van der Waals surface area contributed by atoms with E-state index < -0.39 is 5.97 Å². The lowest BCUT2D eigenvalue weighted by Gasteiger charge is -2.25. The molecule has 0 atom stereocenters. The van der Waals surface area contributed by atoms with E-state index in [1.165, 1.54) is 0 Å². The van der Waals surface area contributed by atoms with Gasteiger partial charge in [0, 0.05) is 18.0 Å². The number of methoxy groups -OCH3 is 2. The smallest absolute Gasteiger partial charge is 0.306 e. The van der Waals surface area contributed by atoms with Crippen molar-refractivity contribution in [1.29, 1.82) is 0 Å².